The number of hydrogen-bond acceptors (Lipinski definition) is 3. The van der Waals surface area contributed by atoms with Crippen molar-refractivity contribution in [1.29, 1.82) is 0 Å². The largest absolute Gasteiger partial charge is 0.342 e. The first-order valence-corrected chi connectivity index (χ1v) is 6.67. The van der Waals surface area contributed by atoms with Crippen molar-refractivity contribution in [3.05, 3.63) is 30.1 Å². The molecule has 0 saturated carbocycles. The predicted octanol–water partition coefficient (Wildman–Crippen LogP) is 1.21. The summed E-state index contributed by atoms with van der Waals surface area (Å²) in [7, 11) is 0. The van der Waals surface area contributed by atoms with Gasteiger partial charge in [0, 0.05) is 25.0 Å². The molecule has 0 unspecified atom stereocenters. The van der Waals surface area contributed by atoms with Crippen LogP contribution < -0.4 is 5.73 Å². The zero-order valence-corrected chi connectivity index (χ0v) is 10.7. The lowest BCUT2D eigenvalue weighted by atomic mass is 9.93. The minimum atomic E-state index is 0.194. The van der Waals surface area contributed by atoms with Crippen LogP contribution in [0, 0.1) is 5.92 Å². The number of rotatable bonds is 4. The molecule has 2 N–H and O–H groups in total. The number of aromatic nitrogens is 1. The van der Waals surface area contributed by atoms with Crippen molar-refractivity contribution in [2.24, 2.45) is 11.7 Å². The first-order valence-electron chi connectivity index (χ1n) is 6.67. The highest BCUT2D eigenvalue weighted by Crippen LogP contribution is 2.20. The van der Waals surface area contributed by atoms with Gasteiger partial charge in [-0.15, -0.1) is 0 Å². The maximum absolute atomic E-state index is 12.1. The molecule has 1 aromatic rings. The van der Waals surface area contributed by atoms with Gasteiger partial charge in [0.1, 0.15) is 0 Å². The number of nitrogens with two attached hydrogens (primary N) is 1. The minimum absolute atomic E-state index is 0.194. The molecule has 0 radical (unpaired) electrons. The second-order valence-electron chi connectivity index (χ2n) is 4.90. The molecular formula is C14H21N3O. The summed E-state index contributed by atoms with van der Waals surface area (Å²) >= 11 is 0. The van der Waals surface area contributed by atoms with Crippen LogP contribution in [0.4, 0.5) is 0 Å². The first-order chi connectivity index (χ1) is 8.79. The van der Waals surface area contributed by atoms with Crippen LogP contribution in [-0.2, 0) is 11.2 Å². The van der Waals surface area contributed by atoms with Crippen molar-refractivity contribution in [3.63, 3.8) is 0 Å². The number of nitrogens with zero attached hydrogens (tertiary/aromatic N) is 2. The Balaban J connectivity index is 1.81. The Hall–Kier alpha value is -1.42. The van der Waals surface area contributed by atoms with E-state index in [1.54, 1.807) is 6.20 Å². The molecular weight excluding hydrogens is 226 g/mol. The Bertz CT molecular complexity index is 372. The van der Waals surface area contributed by atoms with Crippen LogP contribution in [0.2, 0.25) is 0 Å². The predicted molar refractivity (Wildman–Crippen MR) is 70.9 cm³/mol. The number of carbonyl (C=O) groups is 1. The van der Waals surface area contributed by atoms with Crippen LogP contribution >= 0.6 is 0 Å². The topological polar surface area (TPSA) is 59.2 Å². The third kappa shape index (κ3) is 3.53. The second-order valence-corrected chi connectivity index (χ2v) is 4.90. The number of carbonyl (C=O) groups excluding carboxylic acids is 1. The molecule has 1 aliphatic heterocycles. The Morgan fingerprint density at radius 1 is 1.39 bits per heavy atom. The van der Waals surface area contributed by atoms with Crippen LogP contribution in [0.3, 0.4) is 0 Å². The summed E-state index contributed by atoms with van der Waals surface area (Å²) < 4.78 is 0. The summed E-state index contributed by atoms with van der Waals surface area (Å²) in [6, 6.07) is 5.69. The molecule has 2 heterocycles. The summed E-state index contributed by atoms with van der Waals surface area (Å²) in [5, 5.41) is 0. The Labute approximate surface area is 108 Å². The summed E-state index contributed by atoms with van der Waals surface area (Å²) in [6.45, 7) is 2.50. The lowest BCUT2D eigenvalue weighted by Crippen LogP contribution is -2.39. The fraction of sp³-hybridized carbons (Fsp3) is 0.571. The smallest absolute Gasteiger partial charge is 0.228 e. The Morgan fingerprint density at radius 3 is 2.78 bits per heavy atom. The molecule has 1 fully saturated rings. The molecule has 2 rings (SSSR count). The second kappa shape index (κ2) is 6.50. The highest BCUT2D eigenvalue weighted by atomic mass is 16.2. The highest BCUT2D eigenvalue weighted by molar-refractivity contribution is 5.78. The molecule has 0 atom stereocenters. The first kappa shape index (κ1) is 13.0. The van der Waals surface area contributed by atoms with Crippen molar-refractivity contribution in [2.75, 3.05) is 19.6 Å². The van der Waals surface area contributed by atoms with E-state index in [2.05, 4.69) is 4.98 Å². The normalized spacial score (nSPS) is 16.8. The average Bonchev–Trinajstić information content (AvgIpc) is 2.41. The number of hydrogen-bond donors (Lipinski definition) is 1. The van der Waals surface area contributed by atoms with Crippen LogP contribution in [0.15, 0.2) is 24.4 Å². The molecule has 0 bridgehead atoms. The van der Waals surface area contributed by atoms with E-state index in [0.29, 0.717) is 12.3 Å². The van der Waals surface area contributed by atoms with Gasteiger partial charge in [0.2, 0.25) is 5.91 Å². The van der Waals surface area contributed by atoms with Gasteiger partial charge in [-0.05, 0) is 43.9 Å². The van der Waals surface area contributed by atoms with Crippen molar-refractivity contribution in [1.82, 2.24) is 9.88 Å². The molecule has 1 aromatic heterocycles. The average molecular weight is 247 g/mol. The van der Waals surface area contributed by atoms with Gasteiger partial charge in [-0.2, -0.15) is 0 Å². The van der Waals surface area contributed by atoms with E-state index >= 15 is 0 Å². The van der Waals surface area contributed by atoms with E-state index < -0.39 is 0 Å². The molecule has 1 aliphatic rings. The van der Waals surface area contributed by atoms with Crippen LogP contribution in [0.25, 0.3) is 0 Å². The lowest BCUT2D eigenvalue weighted by molar-refractivity contribution is -0.131. The fourth-order valence-electron chi connectivity index (χ4n) is 2.48. The maximum atomic E-state index is 12.1. The fourth-order valence-corrected chi connectivity index (χ4v) is 2.48. The number of amides is 1. The monoisotopic (exact) mass is 247 g/mol. The van der Waals surface area contributed by atoms with Crippen molar-refractivity contribution in [2.45, 2.75) is 25.7 Å². The summed E-state index contributed by atoms with van der Waals surface area (Å²) in [5.74, 6) is 0.897. The zero-order chi connectivity index (χ0) is 12.8. The van der Waals surface area contributed by atoms with Gasteiger partial charge in [0.15, 0.2) is 0 Å². The van der Waals surface area contributed by atoms with Crippen molar-refractivity contribution < 1.29 is 4.79 Å². The lowest BCUT2D eigenvalue weighted by Gasteiger charge is -2.31. The van der Waals surface area contributed by atoms with Gasteiger partial charge in [0.05, 0.1) is 6.42 Å². The highest BCUT2D eigenvalue weighted by Gasteiger charge is 2.22. The Morgan fingerprint density at radius 2 is 2.17 bits per heavy atom. The van der Waals surface area contributed by atoms with E-state index in [-0.39, 0.29) is 5.91 Å². The molecule has 0 spiro atoms. The van der Waals surface area contributed by atoms with Crippen molar-refractivity contribution >= 4 is 5.91 Å². The van der Waals surface area contributed by atoms with E-state index in [0.717, 1.165) is 44.6 Å². The van der Waals surface area contributed by atoms with Gasteiger partial charge >= 0.3 is 0 Å². The summed E-state index contributed by atoms with van der Waals surface area (Å²) in [4.78, 5) is 18.2. The standard InChI is InChI=1S/C14H21N3O/c15-7-4-12-5-9-17(10-6-12)14(18)11-13-3-1-2-8-16-13/h1-3,8,12H,4-7,9-11,15H2. The summed E-state index contributed by atoms with van der Waals surface area (Å²) in [6.07, 6.45) is 5.41. The SMILES string of the molecule is NCCC1CCN(C(=O)Cc2ccccn2)CC1. The maximum Gasteiger partial charge on any atom is 0.228 e. The van der Waals surface area contributed by atoms with Crippen LogP contribution in [0.5, 0.6) is 0 Å². The molecule has 1 saturated heterocycles. The molecule has 4 nitrogen and oxygen atoms in total. The zero-order valence-electron chi connectivity index (χ0n) is 10.7. The van der Waals surface area contributed by atoms with E-state index in [1.165, 1.54) is 0 Å². The third-order valence-corrected chi connectivity index (χ3v) is 3.60. The molecule has 1 amide bonds. The quantitative estimate of drug-likeness (QED) is 0.870. The minimum Gasteiger partial charge on any atom is -0.342 e. The van der Waals surface area contributed by atoms with Gasteiger partial charge in [-0.3, -0.25) is 9.78 Å². The molecule has 0 aromatic carbocycles. The van der Waals surface area contributed by atoms with Gasteiger partial charge in [-0.1, -0.05) is 6.07 Å². The summed E-state index contributed by atoms with van der Waals surface area (Å²) in [5.41, 5.74) is 6.42. The number of likely N-dealkylation sites (tertiary alicyclic amines) is 1. The Kier molecular flexibility index (Phi) is 4.70. The van der Waals surface area contributed by atoms with Gasteiger partial charge in [-0.25, -0.2) is 0 Å². The van der Waals surface area contributed by atoms with Crippen LogP contribution in [0.1, 0.15) is 25.0 Å². The number of piperidine rings is 1. The molecule has 0 aliphatic carbocycles. The van der Waals surface area contributed by atoms with E-state index in [1.807, 2.05) is 23.1 Å². The molecule has 98 valence electrons. The van der Waals surface area contributed by atoms with Crippen molar-refractivity contribution in [3.8, 4) is 0 Å². The van der Waals surface area contributed by atoms with Crippen LogP contribution in [-0.4, -0.2) is 35.4 Å². The van der Waals surface area contributed by atoms with Gasteiger partial charge in [0.25, 0.3) is 0 Å². The van der Waals surface area contributed by atoms with E-state index in [9.17, 15) is 4.79 Å². The number of pyridine rings is 1. The van der Waals surface area contributed by atoms with E-state index in [4.69, 9.17) is 5.73 Å². The molecule has 18 heavy (non-hydrogen) atoms. The molecule has 4 heteroatoms. The third-order valence-electron chi connectivity index (χ3n) is 3.60. The van der Waals surface area contributed by atoms with Gasteiger partial charge < -0.3 is 10.6 Å².